The molecule has 0 spiro atoms. The normalized spacial score (nSPS) is 19.6. The third kappa shape index (κ3) is 4.71. The van der Waals surface area contributed by atoms with Crippen molar-refractivity contribution < 1.29 is 14.3 Å². The number of likely N-dealkylation sites (tertiary alicyclic amines) is 1. The van der Waals surface area contributed by atoms with Gasteiger partial charge in [-0.25, -0.2) is 0 Å². The van der Waals surface area contributed by atoms with Crippen LogP contribution >= 0.6 is 12.4 Å². The Hall–Kier alpha value is -1.63. The van der Waals surface area contributed by atoms with Gasteiger partial charge in [0, 0.05) is 37.6 Å². The number of anilines is 1. The fourth-order valence-corrected chi connectivity index (χ4v) is 3.23. The summed E-state index contributed by atoms with van der Waals surface area (Å²) in [6, 6.07) is 7.10. The Bertz CT molecular complexity index is 611. The van der Waals surface area contributed by atoms with Crippen molar-refractivity contribution in [3.05, 3.63) is 29.8 Å². The van der Waals surface area contributed by atoms with Crippen LogP contribution in [0.3, 0.4) is 0 Å². The maximum atomic E-state index is 12.6. The summed E-state index contributed by atoms with van der Waals surface area (Å²) in [5.41, 5.74) is 6.52. The van der Waals surface area contributed by atoms with Gasteiger partial charge in [-0.15, -0.1) is 12.4 Å². The van der Waals surface area contributed by atoms with Crippen LogP contribution < -0.4 is 11.1 Å². The van der Waals surface area contributed by atoms with Gasteiger partial charge in [0.05, 0.1) is 0 Å². The lowest BCUT2D eigenvalue weighted by molar-refractivity contribution is -0.124. The fourth-order valence-electron chi connectivity index (χ4n) is 3.23. The summed E-state index contributed by atoms with van der Waals surface area (Å²) in [5, 5.41) is 2.86. The number of ether oxygens (including phenoxy) is 1. The Morgan fingerprint density at radius 2 is 1.80 bits per heavy atom. The molecule has 0 aromatic heterocycles. The minimum atomic E-state index is -0.898. The summed E-state index contributed by atoms with van der Waals surface area (Å²) in [7, 11) is 0. The van der Waals surface area contributed by atoms with Gasteiger partial charge in [0.1, 0.15) is 5.54 Å². The Labute approximate surface area is 154 Å². The van der Waals surface area contributed by atoms with Crippen LogP contribution in [-0.4, -0.2) is 48.6 Å². The second-order valence-corrected chi connectivity index (χ2v) is 6.66. The molecule has 1 aromatic carbocycles. The van der Waals surface area contributed by atoms with Crippen molar-refractivity contribution in [2.45, 2.75) is 37.6 Å². The van der Waals surface area contributed by atoms with Crippen LogP contribution in [0.15, 0.2) is 24.3 Å². The predicted molar refractivity (Wildman–Crippen MR) is 99.0 cm³/mol. The molecule has 2 saturated heterocycles. The molecule has 6 nitrogen and oxygen atoms in total. The number of amides is 2. The van der Waals surface area contributed by atoms with E-state index < -0.39 is 5.54 Å². The topological polar surface area (TPSA) is 84.7 Å². The molecule has 2 fully saturated rings. The molecule has 2 aliphatic rings. The van der Waals surface area contributed by atoms with Crippen molar-refractivity contribution in [2.75, 3.05) is 31.6 Å². The van der Waals surface area contributed by atoms with E-state index in [0.717, 1.165) is 25.9 Å². The third-order valence-electron chi connectivity index (χ3n) is 4.85. The molecule has 0 atom stereocenters. The van der Waals surface area contributed by atoms with Crippen molar-refractivity contribution in [1.82, 2.24) is 4.90 Å². The van der Waals surface area contributed by atoms with E-state index in [2.05, 4.69) is 5.32 Å². The molecule has 3 rings (SSSR count). The van der Waals surface area contributed by atoms with Gasteiger partial charge in [0.2, 0.25) is 5.91 Å². The van der Waals surface area contributed by atoms with Gasteiger partial charge in [-0.2, -0.15) is 0 Å². The van der Waals surface area contributed by atoms with Crippen molar-refractivity contribution in [3.8, 4) is 0 Å². The third-order valence-corrected chi connectivity index (χ3v) is 4.85. The first-order valence-corrected chi connectivity index (χ1v) is 8.66. The van der Waals surface area contributed by atoms with Crippen molar-refractivity contribution in [3.63, 3.8) is 0 Å². The van der Waals surface area contributed by atoms with Gasteiger partial charge in [0.25, 0.3) is 5.91 Å². The number of nitrogens with one attached hydrogen (secondary N) is 1. The van der Waals surface area contributed by atoms with Crippen molar-refractivity contribution in [1.29, 1.82) is 0 Å². The number of rotatable bonds is 3. The van der Waals surface area contributed by atoms with E-state index in [1.165, 1.54) is 6.42 Å². The lowest BCUT2D eigenvalue weighted by Crippen LogP contribution is -2.54. The molecule has 0 saturated carbocycles. The molecule has 2 heterocycles. The van der Waals surface area contributed by atoms with Crippen LogP contribution in [0.1, 0.15) is 42.5 Å². The Balaban J connectivity index is 0.00000225. The number of nitrogens with zero attached hydrogens (tertiary/aromatic N) is 1. The molecular weight excluding hydrogens is 342 g/mol. The van der Waals surface area contributed by atoms with Gasteiger partial charge in [-0.1, -0.05) is 6.07 Å². The SMILES string of the molecule is Cl.NC1(C(=O)Nc2cccc(C(=O)N3CCCCC3)c2)CCOCC1. The van der Waals surface area contributed by atoms with E-state index in [1.807, 2.05) is 4.90 Å². The van der Waals surface area contributed by atoms with Crippen molar-refractivity contribution in [2.24, 2.45) is 5.73 Å². The molecule has 7 heteroatoms. The van der Waals surface area contributed by atoms with E-state index in [-0.39, 0.29) is 24.2 Å². The molecule has 0 unspecified atom stereocenters. The summed E-state index contributed by atoms with van der Waals surface area (Å²) in [5.74, 6) is -0.187. The first-order chi connectivity index (χ1) is 11.6. The minimum Gasteiger partial charge on any atom is -0.381 e. The summed E-state index contributed by atoms with van der Waals surface area (Å²) in [4.78, 5) is 26.9. The Kier molecular flexibility index (Phi) is 6.81. The largest absolute Gasteiger partial charge is 0.381 e. The number of benzene rings is 1. The van der Waals surface area contributed by atoms with Gasteiger partial charge in [-0.3, -0.25) is 9.59 Å². The Morgan fingerprint density at radius 1 is 1.12 bits per heavy atom. The number of carbonyl (C=O) groups is 2. The van der Waals surface area contributed by atoms with E-state index >= 15 is 0 Å². The maximum absolute atomic E-state index is 12.6. The molecule has 25 heavy (non-hydrogen) atoms. The number of hydrogen-bond acceptors (Lipinski definition) is 4. The van der Waals surface area contributed by atoms with Gasteiger partial charge in [-0.05, 0) is 50.3 Å². The highest BCUT2D eigenvalue weighted by Gasteiger charge is 2.36. The lowest BCUT2D eigenvalue weighted by atomic mass is 9.90. The van der Waals surface area contributed by atoms with Gasteiger partial charge >= 0.3 is 0 Å². The van der Waals surface area contributed by atoms with Crippen LogP contribution in [0.25, 0.3) is 0 Å². The maximum Gasteiger partial charge on any atom is 0.253 e. The molecule has 1 aromatic rings. The quantitative estimate of drug-likeness (QED) is 0.857. The van der Waals surface area contributed by atoms with Crippen LogP contribution in [-0.2, 0) is 9.53 Å². The average Bonchev–Trinajstić information content (AvgIpc) is 2.62. The molecule has 2 aliphatic heterocycles. The second-order valence-electron chi connectivity index (χ2n) is 6.66. The van der Waals surface area contributed by atoms with E-state index in [4.69, 9.17) is 10.5 Å². The summed E-state index contributed by atoms with van der Waals surface area (Å²) in [6.07, 6.45) is 4.30. The van der Waals surface area contributed by atoms with Crippen LogP contribution in [0.5, 0.6) is 0 Å². The summed E-state index contributed by atoms with van der Waals surface area (Å²) in [6.45, 7) is 2.61. The Morgan fingerprint density at radius 3 is 2.48 bits per heavy atom. The molecule has 138 valence electrons. The zero-order valence-corrected chi connectivity index (χ0v) is 15.1. The van der Waals surface area contributed by atoms with Crippen LogP contribution in [0.2, 0.25) is 0 Å². The van der Waals surface area contributed by atoms with Crippen molar-refractivity contribution >= 4 is 29.9 Å². The van der Waals surface area contributed by atoms with E-state index in [0.29, 0.717) is 37.3 Å². The lowest BCUT2D eigenvalue weighted by Gasteiger charge is -2.31. The summed E-state index contributed by atoms with van der Waals surface area (Å²) >= 11 is 0. The second kappa shape index (κ2) is 8.65. The van der Waals surface area contributed by atoms with Crippen LogP contribution in [0.4, 0.5) is 5.69 Å². The fraction of sp³-hybridized carbons (Fsp3) is 0.556. The number of halogens is 1. The highest BCUT2D eigenvalue weighted by atomic mass is 35.5. The smallest absolute Gasteiger partial charge is 0.253 e. The molecule has 0 radical (unpaired) electrons. The average molecular weight is 368 g/mol. The zero-order valence-electron chi connectivity index (χ0n) is 14.3. The number of carbonyl (C=O) groups excluding carboxylic acids is 2. The highest BCUT2D eigenvalue weighted by molar-refractivity contribution is 6.00. The molecule has 0 bridgehead atoms. The van der Waals surface area contributed by atoms with Gasteiger partial charge < -0.3 is 20.7 Å². The van der Waals surface area contributed by atoms with E-state index in [9.17, 15) is 9.59 Å². The standard InChI is InChI=1S/C18H25N3O3.ClH/c19-18(7-11-24-12-8-18)17(23)20-15-6-4-5-14(13-15)16(22)21-9-2-1-3-10-21;/h4-6,13H,1-3,7-12,19H2,(H,20,23);1H. The summed E-state index contributed by atoms with van der Waals surface area (Å²) < 4.78 is 5.27. The zero-order chi connectivity index (χ0) is 17.0. The van der Waals surface area contributed by atoms with E-state index in [1.54, 1.807) is 24.3 Å². The van der Waals surface area contributed by atoms with Gasteiger partial charge in [0.15, 0.2) is 0 Å². The minimum absolute atomic E-state index is 0. The number of hydrogen-bond donors (Lipinski definition) is 2. The molecule has 3 N–H and O–H groups in total. The monoisotopic (exact) mass is 367 g/mol. The predicted octanol–water partition coefficient (Wildman–Crippen LogP) is 2.18. The molecule has 0 aliphatic carbocycles. The molecule has 2 amide bonds. The van der Waals surface area contributed by atoms with Crippen LogP contribution in [0, 0.1) is 0 Å². The highest BCUT2D eigenvalue weighted by Crippen LogP contribution is 2.21. The number of piperidine rings is 1. The first-order valence-electron chi connectivity index (χ1n) is 8.66. The first kappa shape index (κ1) is 19.7. The molecular formula is C18H26ClN3O3. The number of nitrogens with two attached hydrogens (primary N) is 1.